The van der Waals surface area contributed by atoms with E-state index in [-0.39, 0.29) is 0 Å². The molecule has 0 spiro atoms. The van der Waals surface area contributed by atoms with Crippen molar-refractivity contribution < 1.29 is 4.74 Å². The molecule has 1 saturated heterocycles. The van der Waals surface area contributed by atoms with Gasteiger partial charge in [-0.1, -0.05) is 11.6 Å². The molecule has 1 aliphatic heterocycles. The van der Waals surface area contributed by atoms with E-state index >= 15 is 0 Å². The Morgan fingerprint density at radius 2 is 2.55 bits per heavy atom. The van der Waals surface area contributed by atoms with Crippen LogP contribution in [-0.4, -0.2) is 19.3 Å². The van der Waals surface area contributed by atoms with E-state index in [9.17, 15) is 0 Å². The summed E-state index contributed by atoms with van der Waals surface area (Å²) in [4.78, 5) is 0. The second kappa shape index (κ2) is 4.52. The van der Waals surface area contributed by atoms with Gasteiger partial charge in [0.15, 0.2) is 0 Å². The Morgan fingerprint density at radius 3 is 3.09 bits per heavy atom. The highest BCUT2D eigenvalue weighted by Crippen LogP contribution is 2.16. The van der Waals surface area contributed by atoms with Gasteiger partial charge >= 0.3 is 0 Å². The Morgan fingerprint density at radius 1 is 1.73 bits per heavy atom. The van der Waals surface area contributed by atoms with Gasteiger partial charge in [-0.2, -0.15) is 0 Å². The topological polar surface area (TPSA) is 35.2 Å². The van der Waals surface area contributed by atoms with Crippen LogP contribution in [0.25, 0.3) is 0 Å². The number of hydrogen-bond donors (Lipinski definition) is 1. The first-order chi connectivity index (χ1) is 5.33. The average molecular weight is 155 g/mol. The molecule has 0 amide bonds. The molecule has 1 fully saturated rings. The van der Waals surface area contributed by atoms with Crippen LogP contribution < -0.4 is 5.73 Å². The molecule has 1 unspecified atom stereocenters. The summed E-state index contributed by atoms with van der Waals surface area (Å²) in [5, 5.41) is 0. The maximum atomic E-state index is 5.46. The lowest BCUT2D eigenvalue weighted by molar-refractivity contribution is 0.113. The standard InChI is InChI=1S/C9H17NO/c1-8(7-10)4-5-9-3-2-6-11-9/h4,9H,2-3,5-7,10H2,1H3. The lowest BCUT2D eigenvalue weighted by atomic mass is 10.1. The molecule has 0 aromatic carbocycles. The Hall–Kier alpha value is -0.340. The van der Waals surface area contributed by atoms with Gasteiger partial charge in [0.1, 0.15) is 0 Å². The largest absolute Gasteiger partial charge is 0.378 e. The molecule has 0 aromatic heterocycles. The predicted molar refractivity (Wildman–Crippen MR) is 46.4 cm³/mol. The number of hydrogen-bond acceptors (Lipinski definition) is 2. The molecular weight excluding hydrogens is 138 g/mol. The van der Waals surface area contributed by atoms with Gasteiger partial charge in [0.25, 0.3) is 0 Å². The van der Waals surface area contributed by atoms with Gasteiger partial charge < -0.3 is 10.5 Å². The zero-order valence-electron chi connectivity index (χ0n) is 7.18. The second-order valence-electron chi connectivity index (χ2n) is 3.13. The molecule has 0 bridgehead atoms. The van der Waals surface area contributed by atoms with Gasteiger partial charge in [0.05, 0.1) is 6.10 Å². The molecule has 0 aromatic rings. The monoisotopic (exact) mass is 155 g/mol. The van der Waals surface area contributed by atoms with Gasteiger partial charge in [0, 0.05) is 13.2 Å². The van der Waals surface area contributed by atoms with Crippen LogP contribution >= 0.6 is 0 Å². The van der Waals surface area contributed by atoms with E-state index in [2.05, 4.69) is 13.0 Å². The fourth-order valence-corrected chi connectivity index (χ4v) is 1.25. The van der Waals surface area contributed by atoms with E-state index in [0.717, 1.165) is 13.0 Å². The van der Waals surface area contributed by atoms with Gasteiger partial charge in [-0.25, -0.2) is 0 Å². The third-order valence-corrected chi connectivity index (χ3v) is 2.08. The van der Waals surface area contributed by atoms with Crippen molar-refractivity contribution in [1.82, 2.24) is 0 Å². The molecule has 0 saturated carbocycles. The van der Waals surface area contributed by atoms with E-state index in [1.807, 2.05) is 0 Å². The number of ether oxygens (including phenoxy) is 1. The normalized spacial score (nSPS) is 26.0. The fourth-order valence-electron chi connectivity index (χ4n) is 1.25. The van der Waals surface area contributed by atoms with Crippen LogP contribution in [0, 0.1) is 0 Å². The van der Waals surface area contributed by atoms with Crippen molar-refractivity contribution in [3.8, 4) is 0 Å². The molecule has 2 N–H and O–H groups in total. The van der Waals surface area contributed by atoms with E-state index in [4.69, 9.17) is 10.5 Å². The Bertz CT molecular complexity index is 136. The van der Waals surface area contributed by atoms with Crippen molar-refractivity contribution in [1.29, 1.82) is 0 Å². The van der Waals surface area contributed by atoms with Crippen LogP contribution in [0.5, 0.6) is 0 Å². The van der Waals surface area contributed by atoms with Crippen molar-refractivity contribution >= 4 is 0 Å². The molecule has 64 valence electrons. The van der Waals surface area contributed by atoms with Crippen LogP contribution in [0.4, 0.5) is 0 Å². The van der Waals surface area contributed by atoms with E-state index in [1.165, 1.54) is 18.4 Å². The molecule has 2 nitrogen and oxygen atoms in total. The van der Waals surface area contributed by atoms with Crippen LogP contribution in [-0.2, 0) is 4.74 Å². The van der Waals surface area contributed by atoms with Crippen molar-refractivity contribution in [3.63, 3.8) is 0 Å². The summed E-state index contributed by atoms with van der Waals surface area (Å²) in [6, 6.07) is 0. The Kier molecular flexibility index (Phi) is 3.60. The molecule has 11 heavy (non-hydrogen) atoms. The molecular formula is C9H17NO. The third kappa shape index (κ3) is 3.04. The molecule has 1 atom stereocenters. The smallest absolute Gasteiger partial charge is 0.0610 e. The zero-order chi connectivity index (χ0) is 8.10. The highest BCUT2D eigenvalue weighted by molar-refractivity contribution is 5.00. The van der Waals surface area contributed by atoms with Crippen molar-refractivity contribution in [2.45, 2.75) is 32.3 Å². The molecule has 1 rings (SSSR count). The minimum Gasteiger partial charge on any atom is -0.378 e. The highest BCUT2D eigenvalue weighted by Gasteiger charge is 2.13. The fraction of sp³-hybridized carbons (Fsp3) is 0.778. The maximum absolute atomic E-state index is 5.46. The molecule has 0 radical (unpaired) electrons. The zero-order valence-corrected chi connectivity index (χ0v) is 7.18. The van der Waals surface area contributed by atoms with Gasteiger partial charge in [-0.3, -0.25) is 0 Å². The first kappa shape index (κ1) is 8.75. The van der Waals surface area contributed by atoms with Crippen LogP contribution in [0.2, 0.25) is 0 Å². The number of rotatable bonds is 3. The lowest BCUT2D eigenvalue weighted by Crippen LogP contribution is -2.05. The van der Waals surface area contributed by atoms with E-state index in [0.29, 0.717) is 12.6 Å². The quantitative estimate of drug-likeness (QED) is 0.626. The third-order valence-electron chi connectivity index (χ3n) is 2.08. The summed E-state index contributed by atoms with van der Waals surface area (Å²) < 4.78 is 5.46. The van der Waals surface area contributed by atoms with Crippen LogP contribution in [0.3, 0.4) is 0 Å². The second-order valence-corrected chi connectivity index (χ2v) is 3.13. The highest BCUT2D eigenvalue weighted by atomic mass is 16.5. The van der Waals surface area contributed by atoms with Crippen molar-refractivity contribution in [3.05, 3.63) is 11.6 Å². The van der Waals surface area contributed by atoms with E-state index in [1.54, 1.807) is 0 Å². The molecule has 1 heterocycles. The summed E-state index contributed by atoms with van der Waals surface area (Å²) in [6.45, 7) is 3.68. The van der Waals surface area contributed by atoms with Crippen molar-refractivity contribution in [2.75, 3.05) is 13.2 Å². The van der Waals surface area contributed by atoms with Gasteiger partial charge in [-0.05, 0) is 26.2 Å². The SMILES string of the molecule is CC(=CCC1CCCO1)CN. The summed E-state index contributed by atoms with van der Waals surface area (Å²) >= 11 is 0. The maximum Gasteiger partial charge on any atom is 0.0610 e. The van der Waals surface area contributed by atoms with Crippen molar-refractivity contribution in [2.24, 2.45) is 5.73 Å². The average Bonchev–Trinajstić information content (AvgIpc) is 2.52. The Labute approximate surface area is 68.4 Å². The van der Waals surface area contributed by atoms with Gasteiger partial charge in [-0.15, -0.1) is 0 Å². The minimum atomic E-state index is 0.469. The molecule has 2 heteroatoms. The predicted octanol–water partition coefficient (Wildman–Crippen LogP) is 1.46. The Balaban J connectivity index is 2.19. The first-order valence-corrected chi connectivity index (χ1v) is 4.30. The summed E-state index contributed by atoms with van der Waals surface area (Å²) in [5.41, 5.74) is 6.71. The summed E-state index contributed by atoms with van der Waals surface area (Å²) in [7, 11) is 0. The minimum absolute atomic E-state index is 0.469. The molecule has 1 aliphatic rings. The van der Waals surface area contributed by atoms with E-state index < -0.39 is 0 Å². The lowest BCUT2D eigenvalue weighted by Gasteiger charge is -2.05. The van der Waals surface area contributed by atoms with Gasteiger partial charge in [0.2, 0.25) is 0 Å². The summed E-state index contributed by atoms with van der Waals surface area (Å²) in [6.07, 6.45) is 6.14. The number of nitrogens with two attached hydrogens (primary N) is 1. The first-order valence-electron chi connectivity index (χ1n) is 4.30. The van der Waals surface area contributed by atoms with Crippen LogP contribution in [0.1, 0.15) is 26.2 Å². The molecule has 0 aliphatic carbocycles. The summed E-state index contributed by atoms with van der Waals surface area (Å²) in [5.74, 6) is 0. The van der Waals surface area contributed by atoms with Crippen LogP contribution in [0.15, 0.2) is 11.6 Å².